The van der Waals surface area contributed by atoms with Crippen molar-refractivity contribution in [2.24, 2.45) is 0 Å². The molecule has 0 aliphatic rings. The van der Waals surface area contributed by atoms with Crippen molar-refractivity contribution < 1.29 is 0 Å². The van der Waals surface area contributed by atoms with Crippen molar-refractivity contribution in [1.29, 1.82) is 0 Å². The molecule has 1 heterocycles. The highest BCUT2D eigenvalue weighted by atomic mass is 79.9. The van der Waals surface area contributed by atoms with Crippen LogP contribution < -0.4 is 5.32 Å². The largest absolute Gasteiger partial charge is 0.309 e. The first-order valence-corrected chi connectivity index (χ1v) is 7.77. The zero-order valence-electron chi connectivity index (χ0n) is 9.93. The van der Waals surface area contributed by atoms with Gasteiger partial charge in [0.05, 0.1) is 6.04 Å². The van der Waals surface area contributed by atoms with Crippen LogP contribution in [0.25, 0.3) is 0 Å². The molecule has 0 spiro atoms. The van der Waals surface area contributed by atoms with Crippen molar-refractivity contribution >= 4 is 50.5 Å². The van der Waals surface area contributed by atoms with Crippen LogP contribution in [0.2, 0.25) is 9.36 Å². The Balaban J connectivity index is 2.48. The van der Waals surface area contributed by atoms with E-state index in [-0.39, 0.29) is 6.04 Å². The minimum absolute atomic E-state index is 0.109. The van der Waals surface area contributed by atoms with Gasteiger partial charge in [0.1, 0.15) is 4.34 Å². The van der Waals surface area contributed by atoms with E-state index in [1.54, 1.807) is 11.3 Å². The monoisotopic (exact) mass is 363 g/mol. The third-order valence-electron chi connectivity index (χ3n) is 2.79. The van der Waals surface area contributed by atoms with Crippen LogP contribution in [0.5, 0.6) is 0 Å². The number of nitrogens with one attached hydrogen (secondary N) is 1. The Kier molecular flexibility index (Phi) is 4.73. The summed E-state index contributed by atoms with van der Waals surface area (Å²) in [6, 6.07) is 8.10. The molecule has 1 nitrogen and oxygen atoms in total. The molecule has 0 bridgehead atoms. The van der Waals surface area contributed by atoms with Crippen molar-refractivity contribution in [2.75, 3.05) is 7.05 Å². The second-order valence-electron chi connectivity index (χ2n) is 3.99. The fourth-order valence-corrected chi connectivity index (χ4v) is 3.93. The lowest BCUT2D eigenvalue weighted by molar-refractivity contribution is 0.699. The molecular formula is C13H12BrCl2NS. The van der Waals surface area contributed by atoms with Crippen molar-refractivity contribution in [3.05, 3.63) is 54.1 Å². The lowest BCUT2D eigenvalue weighted by atomic mass is 10.0. The summed E-state index contributed by atoms with van der Waals surface area (Å²) in [4.78, 5) is 1.17. The summed E-state index contributed by atoms with van der Waals surface area (Å²) >= 11 is 17.2. The normalized spacial score (nSPS) is 12.7. The Labute approximate surface area is 129 Å². The molecule has 0 fully saturated rings. The van der Waals surface area contributed by atoms with Crippen LogP contribution in [-0.4, -0.2) is 7.05 Å². The van der Waals surface area contributed by atoms with E-state index < -0.39 is 0 Å². The van der Waals surface area contributed by atoms with Gasteiger partial charge in [-0.3, -0.25) is 0 Å². The first kappa shape index (κ1) is 14.4. The van der Waals surface area contributed by atoms with E-state index >= 15 is 0 Å². The maximum atomic E-state index is 6.11. The van der Waals surface area contributed by atoms with E-state index in [1.807, 2.05) is 25.2 Å². The Morgan fingerprint density at radius 1 is 1.28 bits per heavy atom. The van der Waals surface area contributed by atoms with E-state index in [1.165, 1.54) is 16.0 Å². The van der Waals surface area contributed by atoms with E-state index in [9.17, 15) is 0 Å². The minimum atomic E-state index is 0.109. The molecule has 0 saturated heterocycles. The van der Waals surface area contributed by atoms with Crippen molar-refractivity contribution in [1.82, 2.24) is 5.32 Å². The van der Waals surface area contributed by atoms with Gasteiger partial charge in [-0.1, -0.05) is 29.3 Å². The molecule has 0 amide bonds. The molecule has 0 aliphatic carbocycles. The van der Waals surface area contributed by atoms with Gasteiger partial charge in [0, 0.05) is 14.4 Å². The van der Waals surface area contributed by atoms with Crippen LogP contribution in [0.4, 0.5) is 0 Å². The van der Waals surface area contributed by atoms with E-state index in [4.69, 9.17) is 23.2 Å². The number of halogens is 3. The SMILES string of the molecule is CNC(c1cc(Br)c(Cl)s1)c1cc(Cl)ccc1C. The van der Waals surface area contributed by atoms with Crippen LogP contribution in [0.3, 0.4) is 0 Å². The van der Waals surface area contributed by atoms with Gasteiger partial charge in [-0.05, 0) is 59.2 Å². The fourth-order valence-electron chi connectivity index (χ4n) is 1.88. The van der Waals surface area contributed by atoms with E-state index in [0.717, 1.165) is 13.8 Å². The second kappa shape index (κ2) is 5.93. The van der Waals surface area contributed by atoms with Crippen molar-refractivity contribution in [3.8, 4) is 0 Å². The topological polar surface area (TPSA) is 12.0 Å². The van der Waals surface area contributed by atoms with Gasteiger partial charge in [0.25, 0.3) is 0 Å². The summed E-state index contributed by atoms with van der Waals surface area (Å²) in [6.07, 6.45) is 0. The maximum absolute atomic E-state index is 6.11. The molecule has 2 aromatic rings. The summed E-state index contributed by atoms with van der Waals surface area (Å²) < 4.78 is 1.70. The van der Waals surface area contributed by atoms with E-state index in [2.05, 4.69) is 34.2 Å². The summed E-state index contributed by atoms with van der Waals surface area (Å²) in [5.74, 6) is 0. The molecule has 18 heavy (non-hydrogen) atoms. The minimum Gasteiger partial charge on any atom is -0.309 e. The van der Waals surface area contributed by atoms with Gasteiger partial charge in [-0.15, -0.1) is 11.3 Å². The molecule has 0 radical (unpaired) electrons. The van der Waals surface area contributed by atoms with Gasteiger partial charge in [0.2, 0.25) is 0 Å². The standard InChI is InChI=1S/C13H12BrCl2NS/c1-7-3-4-8(15)5-9(7)12(17-2)11-6-10(14)13(16)18-11/h3-6,12,17H,1-2H3. The molecule has 5 heteroatoms. The molecule has 0 saturated carbocycles. The van der Waals surface area contributed by atoms with Gasteiger partial charge in [0.15, 0.2) is 0 Å². The quantitative estimate of drug-likeness (QED) is 0.765. The van der Waals surface area contributed by atoms with Gasteiger partial charge in [-0.2, -0.15) is 0 Å². The second-order valence-corrected chi connectivity index (χ2v) is 6.97. The molecule has 96 valence electrons. The molecule has 2 rings (SSSR count). The Morgan fingerprint density at radius 2 is 2.00 bits per heavy atom. The predicted octanol–water partition coefficient (Wildman–Crippen LogP) is 5.43. The summed E-state index contributed by atoms with van der Waals surface area (Å²) in [5, 5.41) is 4.06. The van der Waals surface area contributed by atoms with Gasteiger partial charge in [-0.25, -0.2) is 0 Å². The average molecular weight is 365 g/mol. The summed E-state index contributed by atoms with van der Waals surface area (Å²) in [5.41, 5.74) is 2.38. The number of thiophene rings is 1. The zero-order chi connectivity index (χ0) is 13.3. The van der Waals surface area contributed by atoms with Crippen LogP contribution in [0.15, 0.2) is 28.7 Å². The molecule has 1 aromatic heterocycles. The number of hydrogen-bond acceptors (Lipinski definition) is 2. The fraction of sp³-hybridized carbons (Fsp3) is 0.231. The highest BCUT2D eigenvalue weighted by molar-refractivity contribution is 9.10. The molecule has 0 aliphatic heterocycles. The Bertz CT molecular complexity index is 549. The summed E-state index contributed by atoms with van der Waals surface area (Å²) in [6.45, 7) is 2.08. The molecular weight excluding hydrogens is 353 g/mol. The van der Waals surface area contributed by atoms with E-state index in [0.29, 0.717) is 0 Å². The van der Waals surface area contributed by atoms with Gasteiger partial charge >= 0.3 is 0 Å². The molecule has 1 aromatic carbocycles. The zero-order valence-corrected chi connectivity index (χ0v) is 13.8. The number of benzene rings is 1. The lowest BCUT2D eigenvalue weighted by Gasteiger charge is -2.17. The highest BCUT2D eigenvalue weighted by Gasteiger charge is 2.18. The van der Waals surface area contributed by atoms with Crippen LogP contribution in [-0.2, 0) is 0 Å². The number of aryl methyl sites for hydroxylation is 1. The van der Waals surface area contributed by atoms with Crippen LogP contribution in [0.1, 0.15) is 22.0 Å². The van der Waals surface area contributed by atoms with Crippen LogP contribution >= 0.6 is 50.5 Å². The lowest BCUT2D eigenvalue weighted by Crippen LogP contribution is -2.17. The number of rotatable bonds is 3. The number of hydrogen-bond donors (Lipinski definition) is 1. The molecule has 1 N–H and O–H groups in total. The molecule has 1 atom stereocenters. The maximum Gasteiger partial charge on any atom is 0.107 e. The van der Waals surface area contributed by atoms with Crippen molar-refractivity contribution in [2.45, 2.75) is 13.0 Å². The van der Waals surface area contributed by atoms with Gasteiger partial charge < -0.3 is 5.32 Å². The van der Waals surface area contributed by atoms with Crippen LogP contribution in [0, 0.1) is 6.92 Å². The Hall–Kier alpha value is -0.0600. The smallest absolute Gasteiger partial charge is 0.107 e. The average Bonchev–Trinajstić information content (AvgIpc) is 2.65. The first-order chi connectivity index (χ1) is 8.52. The predicted molar refractivity (Wildman–Crippen MR) is 84.1 cm³/mol. The highest BCUT2D eigenvalue weighted by Crippen LogP contribution is 2.38. The third kappa shape index (κ3) is 2.91. The summed E-state index contributed by atoms with van der Waals surface area (Å²) in [7, 11) is 1.94. The Morgan fingerprint density at radius 3 is 2.56 bits per heavy atom. The molecule has 1 unspecified atom stereocenters. The third-order valence-corrected chi connectivity index (χ3v) is 5.56. The first-order valence-electron chi connectivity index (χ1n) is 5.41. The van der Waals surface area contributed by atoms with Crippen molar-refractivity contribution in [3.63, 3.8) is 0 Å².